The van der Waals surface area contributed by atoms with E-state index < -0.39 is 0 Å². The quantitative estimate of drug-likeness (QED) is 0.244. The zero-order valence-electron chi connectivity index (χ0n) is 21.3. The molecule has 3 heteroatoms. The van der Waals surface area contributed by atoms with Crippen molar-refractivity contribution in [1.82, 2.24) is 14.5 Å². The van der Waals surface area contributed by atoms with Crippen LogP contribution < -0.4 is 0 Å². The fraction of sp³-hybridized carbons (Fsp3) is 0.0857. The highest BCUT2D eigenvalue weighted by atomic mass is 15.0. The molecular formula is C35H25N3. The van der Waals surface area contributed by atoms with Crippen molar-refractivity contribution in [2.75, 3.05) is 0 Å². The lowest BCUT2D eigenvalue weighted by atomic mass is 9.81. The number of hydrogen-bond donors (Lipinski definition) is 0. The molecule has 7 aromatic rings. The molecule has 0 atom stereocenters. The zero-order valence-corrected chi connectivity index (χ0v) is 21.3. The van der Waals surface area contributed by atoms with Crippen LogP contribution in [0.1, 0.15) is 25.0 Å². The van der Waals surface area contributed by atoms with Gasteiger partial charge in [0.1, 0.15) is 11.8 Å². The van der Waals surface area contributed by atoms with E-state index in [4.69, 9.17) is 4.98 Å². The summed E-state index contributed by atoms with van der Waals surface area (Å²) in [6.45, 7) is 4.67. The lowest BCUT2D eigenvalue weighted by molar-refractivity contribution is 0.666. The second-order valence-corrected chi connectivity index (χ2v) is 10.7. The molecule has 0 aliphatic heterocycles. The molecule has 2 aromatic heterocycles. The van der Waals surface area contributed by atoms with Gasteiger partial charge in [-0.3, -0.25) is 0 Å². The van der Waals surface area contributed by atoms with Gasteiger partial charge in [0.05, 0.1) is 17.2 Å². The van der Waals surface area contributed by atoms with Crippen LogP contribution in [0.2, 0.25) is 0 Å². The molecule has 1 aliphatic carbocycles. The molecule has 2 heterocycles. The van der Waals surface area contributed by atoms with Gasteiger partial charge >= 0.3 is 0 Å². The summed E-state index contributed by atoms with van der Waals surface area (Å²) in [5.41, 5.74) is 12.0. The number of hydrogen-bond acceptors (Lipinski definition) is 2. The first kappa shape index (κ1) is 21.3. The van der Waals surface area contributed by atoms with Crippen LogP contribution >= 0.6 is 0 Å². The minimum absolute atomic E-state index is 0.117. The Morgan fingerprint density at radius 3 is 2.32 bits per heavy atom. The van der Waals surface area contributed by atoms with Crippen molar-refractivity contribution in [1.29, 1.82) is 0 Å². The van der Waals surface area contributed by atoms with Crippen LogP contribution in [-0.2, 0) is 5.41 Å². The first-order valence-electron chi connectivity index (χ1n) is 13.1. The molecule has 0 N–H and O–H groups in total. The largest absolute Gasteiger partial charge is 0.306 e. The number of nitrogens with zero attached hydrogens (tertiary/aromatic N) is 3. The maximum Gasteiger partial charge on any atom is 0.116 e. The molecule has 0 fully saturated rings. The standard InChI is InChI=1S/C35H25N3/c1-35(2)29-13-6-5-11-27(29)28-18-19-30-32(33(28)35)34-31(20-36-21-37-34)38(30)24-16-14-23(15-17-24)26-12-7-9-22-8-3-4-10-25(22)26/h3-21H,1-2H3. The predicted octanol–water partition coefficient (Wildman–Crippen LogP) is 8.70. The Hall–Kier alpha value is -4.76. The molecule has 0 saturated carbocycles. The van der Waals surface area contributed by atoms with Gasteiger partial charge in [0, 0.05) is 16.5 Å². The zero-order chi connectivity index (χ0) is 25.4. The molecule has 8 rings (SSSR count). The van der Waals surface area contributed by atoms with Crippen LogP contribution in [0.15, 0.2) is 116 Å². The fourth-order valence-electron chi connectivity index (χ4n) is 6.64. The van der Waals surface area contributed by atoms with Crippen LogP contribution in [0, 0.1) is 0 Å². The van der Waals surface area contributed by atoms with E-state index in [2.05, 4.69) is 127 Å². The van der Waals surface area contributed by atoms with Gasteiger partial charge in [0.15, 0.2) is 0 Å². The maximum atomic E-state index is 4.83. The Labute approximate surface area is 221 Å². The summed E-state index contributed by atoms with van der Waals surface area (Å²) < 4.78 is 2.32. The summed E-state index contributed by atoms with van der Waals surface area (Å²) in [5, 5.41) is 3.75. The highest BCUT2D eigenvalue weighted by Gasteiger charge is 2.38. The van der Waals surface area contributed by atoms with Gasteiger partial charge in [-0.1, -0.05) is 98.8 Å². The van der Waals surface area contributed by atoms with Crippen LogP contribution in [-0.4, -0.2) is 14.5 Å². The number of benzene rings is 5. The summed E-state index contributed by atoms with van der Waals surface area (Å²) in [6.07, 6.45) is 3.62. The van der Waals surface area contributed by atoms with Crippen molar-refractivity contribution in [3.63, 3.8) is 0 Å². The normalized spacial score (nSPS) is 13.7. The van der Waals surface area contributed by atoms with Crippen molar-refractivity contribution in [3.8, 4) is 27.9 Å². The molecule has 0 bridgehead atoms. The van der Waals surface area contributed by atoms with Crippen molar-refractivity contribution in [3.05, 3.63) is 127 Å². The van der Waals surface area contributed by atoms with Crippen molar-refractivity contribution >= 4 is 32.7 Å². The molecule has 3 nitrogen and oxygen atoms in total. The minimum Gasteiger partial charge on any atom is -0.306 e. The van der Waals surface area contributed by atoms with Gasteiger partial charge in [-0.2, -0.15) is 0 Å². The van der Waals surface area contributed by atoms with Gasteiger partial charge in [-0.15, -0.1) is 0 Å². The second-order valence-electron chi connectivity index (χ2n) is 10.7. The minimum atomic E-state index is -0.117. The summed E-state index contributed by atoms with van der Waals surface area (Å²) in [7, 11) is 0. The van der Waals surface area contributed by atoms with Crippen LogP contribution in [0.3, 0.4) is 0 Å². The molecule has 0 unspecified atom stereocenters. The average Bonchev–Trinajstić information content (AvgIpc) is 3.42. The van der Waals surface area contributed by atoms with Crippen molar-refractivity contribution in [2.45, 2.75) is 19.3 Å². The smallest absolute Gasteiger partial charge is 0.116 e. The van der Waals surface area contributed by atoms with Crippen LogP contribution in [0.25, 0.3) is 60.6 Å². The highest BCUT2D eigenvalue weighted by Crippen LogP contribution is 2.52. The Bertz CT molecular complexity index is 2040. The van der Waals surface area contributed by atoms with Gasteiger partial charge in [0.25, 0.3) is 0 Å². The van der Waals surface area contributed by atoms with Gasteiger partial charge in [-0.25, -0.2) is 9.97 Å². The van der Waals surface area contributed by atoms with Crippen LogP contribution in [0.4, 0.5) is 0 Å². The Balaban J connectivity index is 1.37. The second kappa shape index (κ2) is 7.62. The monoisotopic (exact) mass is 487 g/mol. The highest BCUT2D eigenvalue weighted by molar-refractivity contribution is 6.12. The lowest BCUT2D eigenvalue weighted by Gasteiger charge is -2.22. The summed E-state index contributed by atoms with van der Waals surface area (Å²) in [4.78, 5) is 9.26. The Morgan fingerprint density at radius 2 is 1.42 bits per heavy atom. The van der Waals surface area contributed by atoms with E-state index in [-0.39, 0.29) is 5.41 Å². The van der Waals surface area contributed by atoms with E-state index in [0.717, 1.165) is 22.2 Å². The number of aromatic nitrogens is 3. The predicted molar refractivity (Wildman–Crippen MR) is 157 cm³/mol. The lowest BCUT2D eigenvalue weighted by Crippen LogP contribution is -2.15. The van der Waals surface area contributed by atoms with E-state index in [0.29, 0.717) is 0 Å². The van der Waals surface area contributed by atoms with E-state index >= 15 is 0 Å². The van der Waals surface area contributed by atoms with E-state index in [9.17, 15) is 0 Å². The van der Waals surface area contributed by atoms with Gasteiger partial charge in [-0.05, 0) is 62.4 Å². The molecule has 38 heavy (non-hydrogen) atoms. The summed E-state index contributed by atoms with van der Waals surface area (Å²) >= 11 is 0. The summed E-state index contributed by atoms with van der Waals surface area (Å²) in [5.74, 6) is 0. The SMILES string of the molecule is CC1(C)c2ccccc2-c2ccc3c(c21)c1ncncc1n3-c1ccc(-c2cccc3ccccc23)cc1. The third-order valence-electron chi connectivity index (χ3n) is 8.34. The molecule has 5 aromatic carbocycles. The third kappa shape index (κ3) is 2.79. The molecule has 1 aliphatic rings. The molecular weight excluding hydrogens is 462 g/mol. The maximum absolute atomic E-state index is 4.83. The number of rotatable bonds is 2. The third-order valence-corrected chi connectivity index (χ3v) is 8.34. The van der Waals surface area contributed by atoms with Crippen molar-refractivity contribution < 1.29 is 0 Å². The molecule has 0 saturated heterocycles. The number of fused-ring (bicyclic) bond motifs is 8. The van der Waals surface area contributed by atoms with E-state index in [1.165, 1.54) is 49.5 Å². The molecule has 0 amide bonds. The molecule has 0 radical (unpaired) electrons. The molecule has 0 spiro atoms. The Kier molecular flexibility index (Phi) is 4.28. The Morgan fingerprint density at radius 1 is 0.658 bits per heavy atom. The van der Waals surface area contributed by atoms with Crippen molar-refractivity contribution in [2.24, 2.45) is 0 Å². The van der Waals surface area contributed by atoms with Gasteiger partial charge in [0.2, 0.25) is 0 Å². The first-order chi connectivity index (χ1) is 18.6. The first-order valence-corrected chi connectivity index (χ1v) is 13.1. The van der Waals surface area contributed by atoms with Crippen LogP contribution in [0.5, 0.6) is 0 Å². The summed E-state index contributed by atoms with van der Waals surface area (Å²) in [6, 6.07) is 37.3. The topological polar surface area (TPSA) is 30.7 Å². The van der Waals surface area contributed by atoms with Gasteiger partial charge < -0.3 is 4.57 Å². The van der Waals surface area contributed by atoms with E-state index in [1.807, 2.05) is 6.20 Å². The molecule has 180 valence electrons. The van der Waals surface area contributed by atoms with E-state index in [1.54, 1.807) is 6.33 Å². The fourth-order valence-corrected chi connectivity index (χ4v) is 6.64. The average molecular weight is 488 g/mol.